The molecule has 0 N–H and O–H groups in total. The summed E-state index contributed by atoms with van der Waals surface area (Å²) in [4.78, 5) is 12.3. The van der Waals surface area contributed by atoms with E-state index in [0.29, 0.717) is 10.8 Å². The highest BCUT2D eigenvalue weighted by Crippen LogP contribution is 2.30. The molecule has 31 heavy (non-hydrogen) atoms. The molecule has 8 nitrogen and oxygen atoms in total. The van der Waals surface area contributed by atoms with E-state index in [1.54, 1.807) is 13.1 Å². The summed E-state index contributed by atoms with van der Waals surface area (Å²) in [7, 11) is 1.57. The van der Waals surface area contributed by atoms with Crippen molar-refractivity contribution in [2.75, 3.05) is 0 Å². The van der Waals surface area contributed by atoms with Gasteiger partial charge < -0.3 is 4.74 Å². The molecule has 2 aromatic carbocycles. The monoisotopic (exact) mass is 436 g/mol. The third kappa shape index (κ3) is 4.06. The van der Waals surface area contributed by atoms with Gasteiger partial charge in [-0.25, -0.2) is 4.79 Å². The first-order chi connectivity index (χ1) is 14.8. The second kappa shape index (κ2) is 8.31. The van der Waals surface area contributed by atoms with Crippen molar-refractivity contribution >= 4 is 11.6 Å². The zero-order chi connectivity index (χ0) is 22.1. The topological polar surface area (TPSA) is 87.7 Å². The van der Waals surface area contributed by atoms with Crippen molar-refractivity contribution in [1.82, 2.24) is 30.0 Å². The maximum atomic E-state index is 12.3. The van der Waals surface area contributed by atoms with Crippen molar-refractivity contribution < 1.29 is 4.74 Å². The quantitative estimate of drug-likeness (QED) is 0.475. The van der Waals surface area contributed by atoms with Gasteiger partial charge in [0.25, 0.3) is 0 Å². The second-order valence-electron chi connectivity index (χ2n) is 7.33. The smallest absolute Gasteiger partial charge is 0.368 e. The van der Waals surface area contributed by atoms with Crippen LogP contribution in [0.5, 0.6) is 5.75 Å². The summed E-state index contributed by atoms with van der Waals surface area (Å²) in [5.74, 6) is 0.754. The standard InChI is InChI=1S/C22H21ClN6O2/c1-13-6-5-7-19(29-22(30)28(4)26-27-29)17(13)12-31-20-11-14(2)16(10-15(20)3)18-8-9-21(23)25-24-18/h5-11H,12H2,1-4H3. The third-order valence-electron chi connectivity index (χ3n) is 5.14. The number of tetrazole rings is 1. The summed E-state index contributed by atoms with van der Waals surface area (Å²) >= 11 is 5.85. The minimum Gasteiger partial charge on any atom is -0.489 e. The molecule has 2 heterocycles. The van der Waals surface area contributed by atoms with Crippen LogP contribution in [0.4, 0.5) is 0 Å². The van der Waals surface area contributed by atoms with Crippen LogP contribution in [-0.4, -0.2) is 30.0 Å². The van der Waals surface area contributed by atoms with E-state index in [4.69, 9.17) is 16.3 Å². The zero-order valence-electron chi connectivity index (χ0n) is 17.6. The number of aromatic nitrogens is 6. The van der Waals surface area contributed by atoms with Crippen LogP contribution >= 0.6 is 11.6 Å². The van der Waals surface area contributed by atoms with Crippen LogP contribution in [0.15, 0.2) is 47.3 Å². The van der Waals surface area contributed by atoms with Crippen molar-refractivity contribution in [3.63, 3.8) is 0 Å². The first-order valence-electron chi connectivity index (χ1n) is 9.66. The number of halogens is 1. The van der Waals surface area contributed by atoms with Gasteiger partial charge in [-0.15, -0.1) is 10.2 Å². The Balaban J connectivity index is 1.65. The minimum absolute atomic E-state index is 0.283. The Kier molecular flexibility index (Phi) is 5.56. The summed E-state index contributed by atoms with van der Waals surface area (Å²) in [6.07, 6.45) is 0. The second-order valence-corrected chi connectivity index (χ2v) is 7.72. The Bertz CT molecular complexity index is 1310. The lowest BCUT2D eigenvalue weighted by molar-refractivity contribution is 0.302. The predicted molar refractivity (Wildman–Crippen MR) is 118 cm³/mol. The Morgan fingerprint density at radius 1 is 0.968 bits per heavy atom. The van der Waals surface area contributed by atoms with E-state index < -0.39 is 0 Å². The lowest BCUT2D eigenvalue weighted by Gasteiger charge is -2.16. The molecule has 0 fully saturated rings. The van der Waals surface area contributed by atoms with Crippen LogP contribution in [0.25, 0.3) is 16.9 Å². The van der Waals surface area contributed by atoms with Crippen LogP contribution in [-0.2, 0) is 13.7 Å². The van der Waals surface area contributed by atoms with E-state index >= 15 is 0 Å². The molecule has 0 atom stereocenters. The van der Waals surface area contributed by atoms with Crippen LogP contribution in [0.3, 0.4) is 0 Å². The van der Waals surface area contributed by atoms with Crippen LogP contribution in [0.2, 0.25) is 5.15 Å². The van der Waals surface area contributed by atoms with Crippen LogP contribution < -0.4 is 10.4 Å². The first kappa shape index (κ1) is 20.7. The number of ether oxygens (including phenoxy) is 1. The fraction of sp³-hybridized carbons (Fsp3) is 0.227. The first-order valence-corrected chi connectivity index (χ1v) is 10.0. The van der Waals surface area contributed by atoms with E-state index in [0.717, 1.165) is 39.3 Å². The number of rotatable bonds is 5. The molecule has 4 rings (SSSR count). The molecular weight excluding hydrogens is 416 g/mol. The molecule has 0 aliphatic heterocycles. The number of aryl methyl sites for hydroxylation is 4. The molecule has 0 saturated heterocycles. The average molecular weight is 437 g/mol. The van der Waals surface area contributed by atoms with Crippen LogP contribution in [0, 0.1) is 20.8 Å². The zero-order valence-corrected chi connectivity index (χ0v) is 18.4. The summed E-state index contributed by atoms with van der Waals surface area (Å²) in [6.45, 7) is 6.24. The fourth-order valence-electron chi connectivity index (χ4n) is 3.37. The molecule has 0 amide bonds. The van der Waals surface area contributed by atoms with E-state index in [-0.39, 0.29) is 12.3 Å². The van der Waals surface area contributed by atoms with Crippen LogP contribution in [0.1, 0.15) is 22.3 Å². The van der Waals surface area contributed by atoms with Gasteiger partial charge in [-0.1, -0.05) is 23.7 Å². The number of benzene rings is 2. The molecule has 0 radical (unpaired) electrons. The molecule has 2 aromatic heterocycles. The molecule has 0 spiro atoms. The highest BCUT2D eigenvalue weighted by molar-refractivity contribution is 6.29. The Hall–Kier alpha value is -3.52. The molecular formula is C22H21ClN6O2. The van der Waals surface area contributed by atoms with Gasteiger partial charge in [-0.2, -0.15) is 9.36 Å². The number of hydrogen-bond donors (Lipinski definition) is 0. The summed E-state index contributed by atoms with van der Waals surface area (Å²) in [6, 6.07) is 13.3. The number of nitrogens with zero attached hydrogens (tertiary/aromatic N) is 6. The SMILES string of the molecule is Cc1cc(-c2ccc(Cl)nn2)c(C)cc1OCc1c(C)cccc1-n1nnn(C)c1=O. The fourth-order valence-corrected chi connectivity index (χ4v) is 3.47. The highest BCUT2D eigenvalue weighted by Gasteiger charge is 2.15. The van der Waals surface area contributed by atoms with Gasteiger partial charge in [0.05, 0.1) is 11.4 Å². The molecule has 9 heteroatoms. The van der Waals surface area contributed by atoms with Crippen molar-refractivity contribution in [1.29, 1.82) is 0 Å². The van der Waals surface area contributed by atoms with E-state index in [1.165, 1.54) is 9.36 Å². The van der Waals surface area contributed by atoms with Gasteiger partial charge in [-0.3, -0.25) is 0 Å². The minimum atomic E-state index is -0.313. The Morgan fingerprint density at radius 2 is 1.77 bits per heavy atom. The maximum absolute atomic E-state index is 12.3. The van der Waals surface area contributed by atoms with Gasteiger partial charge in [0.2, 0.25) is 0 Å². The van der Waals surface area contributed by atoms with Gasteiger partial charge in [-0.05, 0) is 78.2 Å². The molecule has 158 valence electrons. The largest absolute Gasteiger partial charge is 0.489 e. The molecule has 0 bridgehead atoms. The van der Waals surface area contributed by atoms with E-state index in [1.807, 2.05) is 57.2 Å². The van der Waals surface area contributed by atoms with Crippen molar-refractivity contribution in [2.24, 2.45) is 7.05 Å². The van der Waals surface area contributed by atoms with Crippen molar-refractivity contribution in [3.8, 4) is 22.7 Å². The highest BCUT2D eigenvalue weighted by atomic mass is 35.5. The Morgan fingerprint density at radius 3 is 2.45 bits per heavy atom. The lowest BCUT2D eigenvalue weighted by atomic mass is 10.0. The molecule has 0 saturated carbocycles. The van der Waals surface area contributed by atoms with Gasteiger partial charge in [0, 0.05) is 18.2 Å². The van der Waals surface area contributed by atoms with Gasteiger partial charge >= 0.3 is 5.69 Å². The normalized spacial score (nSPS) is 11.0. The molecule has 4 aromatic rings. The van der Waals surface area contributed by atoms with Crippen molar-refractivity contribution in [2.45, 2.75) is 27.4 Å². The molecule has 0 unspecified atom stereocenters. The lowest BCUT2D eigenvalue weighted by Crippen LogP contribution is -2.23. The summed E-state index contributed by atoms with van der Waals surface area (Å²) < 4.78 is 8.65. The summed E-state index contributed by atoms with van der Waals surface area (Å²) in [5, 5.41) is 16.2. The van der Waals surface area contributed by atoms with Gasteiger partial charge in [0.1, 0.15) is 12.4 Å². The van der Waals surface area contributed by atoms with Crippen molar-refractivity contribution in [3.05, 3.63) is 80.4 Å². The van der Waals surface area contributed by atoms with E-state index in [2.05, 4.69) is 20.6 Å². The summed E-state index contributed by atoms with van der Waals surface area (Å²) in [5.41, 5.74) is 5.90. The third-order valence-corrected chi connectivity index (χ3v) is 5.34. The number of hydrogen-bond acceptors (Lipinski definition) is 6. The average Bonchev–Trinajstić information content (AvgIpc) is 3.08. The Labute approximate surface area is 184 Å². The molecule has 0 aliphatic rings. The maximum Gasteiger partial charge on any atom is 0.368 e. The predicted octanol–water partition coefficient (Wildman–Crippen LogP) is 3.58. The van der Waals surface area contributed by atoms with Gasteiger partial charge in [0.15, 0.2) is 5.15 Å². The van der Waals surface area contributed by atoms with E-state index in [9.17, 15) is 4.79 Å². The molecule has 0 aliphatic carbocycles.